The summed E-state index contributed by atoms with van der Waals surface area (Å²) >= 11 is 0. The monoisotopic (exact) mass is 1020 g/mol. The highest BCUT2D eigenvalue weighted by Crippen LogP contribution is 2.13. The van der Waals surface area contributed by atoms with Crippen molar-refractivity contribution in [1.82, 2.24) is 0 Å². The molecule has 1 N–H and O–H groups in total. The number of unbranched alkanes of at least 4 members (excludes halogenated alkanes) is 16. The predicted molar refractivity (Wildman–Crippen MR) is 324 cm³/mol. The third kappa shape index (κ3) is 59.8. The summed E-state index contributed by atoms with van der Waals surface area (Å²) in [7, 11) is 0. The Bertz CT molecular complexity index is 1670. The van der Waals surface area contributed by atoms with Gasteiger partial charge in [0.05, 0.1) is 6.61 Å². The summed E-state index contributed by atoms with van der Waals surface area (Å²) in [5.74, 6) is -0.635. The van der Waals surface area contributed by atoms with Crippen LogP contribution in [0.15, 0.2) is 170 Å². The van der Waals surface area contributed by atoms with Crippen LogP contribution in [-0.4, -0.2) is 36.4 Å². The maximum Gasteiger partial charge on any atom is 0.306 e. The van der Waals surface area contributed by atoms with Crippen molar-refractivity contribution in [3.63, 3.8) is 0 Å². The molecule has 5 nitrogen and oxygen atoms in total. The van der Waals surface area contributed by atoms with Crippen molar-refractivity contribution < 1.29 is 24.2 Å². The van der Waals surface area contributed by atoms with Crippen LogP contribution in [0.4, 0.5) is 0 Å². The fourth-order valence-corrected chi connectivity index (χ4v) is 7.57. The number of allylic oxidation sites excluding steroid dienone is 28. The number of aliphatic hydroxyl groups excluding tert-OH is 1. The van der Waals surface area contributed by atoms with Crippen LogP contribution in [0.25, 0.3) is 0 Å². The van der Waals surface area contributed by atoms with Gasteiger partial charge >= 0.3 is 11.9 Å². The van der Waals surface area contributed by atoms with Crippen molar-refractivity contribution in [2.24, 2.45) is 0 Å². The lowest BCUT2D eigenvalue weighted by atomic mass is 10.1. The Kier molecular flexibility index (Phi) is 58.5. The molecular weight excluding hydrogens is 909 g/mol. The van der Waals surface area contributed by atoms with Crippen LogP contribution < -0.4 is 0 Å². The Labute approximate surface area is 455 Å². The molecule has 0 fully saturated rings. The highest BCUT2D eigenvalue weighted by atomic mass is 16.6. The van der Waals surface area contributed by atoms with E-state index in [0.29, 0.717) is 12.8 Å². The van der Waals surface area contributed by atoms with Crippen molar-refractivity contribution in [3.05, 3.63) is 170 Å². The van der Waals surface area contributed by atoms with E-state index in [1.54, 1.807) is 0 Å². The van der Waals surface area contributed by atoms with Crippen LogP contribution in [-0.2, 0) is 19.1 Å². The van der Waals surface area contributed by atoms with Crippen molar-refractivity contribution in [2.45, 2.75) is 238 Å². The second kappa shape index (κ2) is 62.6. The molecule has 0 aliphatic heterocycles. The summed E-state index contributed by atoms with van der Waals surface area (Å²) in [5.41, 5.74) is 0. The molecule has 74 heavy (non-hydrogen) atoms. The largest absolute Gasteiger partial charge is 0.462 e. The Morgan fingerprint density at radius 1 is 0.324 bits per heavy atom. The normalized spacial score (nSPS) is 13.5. The average Bonchev–Trinajstić information content (AvgIpc) is 3.40. The Morgan fingerprint density at radius 2 is 0.581 bits per heavy atom. The number of hydrogen-bond donors (Lipinski definition) is 1. The molecule has 0 aromatic rings. The first-order valence-electron chi connectivity index (χ1n) is 29.7. The molecule has 0 aromatic carbocycles. The lowest BCUT2D eigenvalue weighted by Gasteiger charge is -2.15. The molecule has 1 unspecified atom stereocenters. The minimum absolute atomic E-state index is 0.0886. The number of aliphatic hydroxyl groups is 1. The van der Waals surface area contributed by atoms with Gasteiger partial charge in [-0.15, -0.1) is 0 Å². The Morgan fingerprint density at radius 3 is 0.878 bits per heavy atom. The molecule has 0 aliphatic carbocycles. The van der Waals surface area contributed by atoms with Crippen LogP contribution in [0.1, 0.15) is 232 Å². The van der Waals surface area contributed by atoms with E-state index >= 15 is 0 Å². The summed E-state index contributed by atoms with van der Waals surface area (Å²) < 4.78 is 10.7. The van der Waals surface area contributed by atoms with Gasteiger partial charge in [0.2, 0.25) is 0 Å². The third-order valence-corrected chi connectivity index (χ3v) is 12.0. The number of rotatable bonds is 52. The van der Waals surface area contributed by atoms with Crippen LogP contribution >= 0.6 is 0 Å². The zero-order valence-electron chi connectivity index (χ0n) is 47.3. The van der Waals surface area contributed by atoms with Crippen LogP contribution in [0.5, 0.6) is 0 Å². The topological polar surface area (TPSA) is 72.8 Å². The van der Waals surface area contributed by atoms with E-state index in [9.17, 15) is 14.7 Å². The summed E-state index contributed by atoms with van der Waals surface area (Å²) in [6.07, 6.45) is 97.5. The fourth-order valence-electron chi connectivity index (χ4n) is 7.57. The SMILES string of the molecule is CC/C=C\C/C=C\C/C=C\C/C=C\C/C=C\C/C=C\C/C=C\C/C=C\C/C=C\C/C=C\C/C=C\C/C=C\CCCCCCC(=O)OC(CO)COC(=O)CCCCCCCCCCC/C=C\C/C=C\CCCCC. The molecule has 0 saturated heterocycles. The lowest BCUT2D eigenvalue weighted by molar-refractivity contribution is -0.161. The van der Waals surface area contributed by atoms with E-state index in [-0.39, 0.29) is 25.2 Å². The van der Waals surface area contributed by atoms with Crippen molar-refractivity contribution in [2.75, 3.05) is 13.2 Å². The predicted octanol–water partition coefficient (Wildman–Crippen LogP) is 20.5. The van der Waals surface area contributed by atoms with Crippen molar-refractivity contribution in [3.8, 4) is 0 Å². The molecule has 0 amide bonds. The first-order chi connectivity index (χ1) is 36.6. The van der Waals surface area contributed by atoms with Gasteiger partial charge in [-0.05, 0) is 135 Å². The number of esters is 2. The van der Waals surface area contributed by atoms with Gasteiger partial charge in [0.25, 0.3) is 0 Å². The fraction of sp³-hybridized carbons (Fsp3) is 0.565. The summed E-state index contributed by atoms with van der Waals surface area (Å²) in [4.78, 5) is 24.5. The van der Waals surface area contributed by atoms with Gasteiger partial charge in [0, 0.05) is 12.8 Å². The van der Waals surface area contributed by atoms with Gasteiger partial charge in [0.15, 0.2) is 6.10 Å². The van der Waals surface area contributed by atoms with Gasteiger partial charge in [-0.1, -0.05) is 255 Å². The van der Waals surface area contributed by atoms with E-state index in [4.69, 9.17) is 9.47 Å². The van der Waals surface area contributed by atoms with Crippen LogP contribution in [0.2, 0.25) is 0 Å². The third-order valence-electron chi connectivity index (χ3n) is 12.0. The van der Waals surface area contributed by atoms with Crippen LogP contribution in [0, 0.1) is 0 Å². The quantitative estimate of drug-likeness (QED) is 0.0373. The second-order valence-electron chi connectivity index (χ2n) is 19.0. The number of ether oxygens (including phenoxy) is 2. The minimum Gasteiger partial charge on any atom is -0.462 e. The summed E-state index contributed by atoms with van der Waals surface area (Å²) in [5, 5.41) is 9.65. The number of hydrogen-bond acceptors (Lipinski definition) is 5. The molecule has 0 aliphatic rings. The molecule has 1 atom stereocenters. The smallest absolute Gasteiger partial charge is 0.306 e. The lowest BCUT2D eigenvalue weighted by Crippen LogP contribution is -2.28. The van der Waals surface area contributed by atoms with E-state index < -0.39 is 6.10 Å². The Hall–Kier alpha value is -4.74. The highest BCUT2D eigenvalue weighted by molar-refractivity contribution is 5.70. The molecule has 0 bridgehead atoms. The average molecular weight is 1020 g/mol. The van der Waals surface area contributed by atoms with E-state index in [2.05, 4.69) is 184 Å². The molecule has 0 spiro atoms. The molecule has 0 rings (SSSR count). The highest BCUT2D eigenvalue weighted by Gasteiger charge is 2.16. The first kappa shape index (κ1) is 69.3. The van der Waals surface area contributed by atoms with Gasteiger partial charge in [0.1, 0.15) is 6.61 Å². The zero-order valence-corrected chi connectivity index (χ0v) is 47.3. The maximum atomic E-state index is 12.3. The van der Waals surface area contributed by atoms with Gasteiger partial charge in [-0.25, -0.2) is 0 Å². The van der Waals surface area contributed by atoms with E-state index in [1.165, 1.54) is 70.6 Å². The second-order valence-corrected chi connectivity index (χ2v) is 19.0. The van der Waals surface area contributed by atoms with Crippen molar-refractivity contribution >= 4 is 11.9 Å². The van der Waals surface area contributed by atoms with E-state index in [1.807, 2.05) is 0 Å². The number of carbonyl (C=O) groups excluding carboxylic acids is 2. The van der Waals surface area contributed by atoms with Gasteiger partial charge in [-0.3, -0.25) is 9.59 Å². The standard InChI is InChI=1S/C69H108O5/c1-3-5-7-9-11-13-15-17-19-21-23-24-25-26-27-28-29-30-31-32-33-34-35-36-37-38-39-40-41-42-43-44-46-48-50-52-54-56-58-60-62-64-69(72)74-67(65-70)66-73-68(71)63-61-59-57-55-53-51-49-47-45-22-20-18-16-14-12-10-8-6-4-2/h5,7,11-14,17-20,23-24,26-27,29-30,32-33,35-36,38-39,41-42,44,46,50,52,67,70H,3-4,6,8-10,15-16,21-22,25,28,31,34,37,40,43,45,47-49,51,53-66H2,1-2H3/b7-5-,13-11-,14-12-,19-17-,20-18-,24-23-,27-26-,30-29-,33-32-,36-35-,39-38-,42-41-,46-44-,52-50-. The molecular formula is C69H108O5. The van der Waals surface area contributed by atoms with Crippen LogP contribution in [0.3, 0.4) is 0 Å². The number of carbonyl (C=O) groups is 2. The van der Waals surface area contributed by atoms with E-state index in [0.717, 1.165) is 135 Å². The van der Waals surface area contributed by atoms with Gasteiger partial charge in [-0.2, -0.15) is 0 Å². The summed E-state index contributed by atoms with van der Waals surface area (Å²) in [6, 6.07) is 0. The Balaban J connectivity index is 3.68. The zero-order chi connectivity index (χ0) is 53.4. The van der Waals surface area contributed by atoms with Gasteiger partial charge < -0.3 is 14.6 Å². The molecule has 0 heterocycles. The molecule has 0 aromatic heterocycles. The molecule has 5 heteroatoms. The van der Waals surface area contributed by atoms with Crippen molar-refractivity contribution in [1.29, 1.82) is 0 Å². The minimum atomic E-state index is -0.800. The maximum absolute atomic E-state index is 12.3. The first-order valence-corrected chi connectivity index (χ1v) is 29.7. The molecule has 0 saturated carbocycles. The molecule has 0 radical (unpaired) electrons. The summed E-state index contributed by atoms with van der Waals surface area (Å²) in [6.45, 7) is 3.97. The molecule has 414 valence electrons.